The van der Waals surface area contributed by atoms with Crippen LogP contribution in [-0.2, 0) is 24.3 Å². The average molecular weight is 328 g/mol. The second kappa shape index (κ2) is 7.49. The van der Waals surface area contributed by atoms with Crippen LogP contribution in [0.25, 0.3) is 0 Å². The third kappa shape index (κ3) is 3.76. The topological polar surface area (TPSA) is 82.2 Å². The van der Waals surface area contributed by atoms with Gasteiger partial charge in [0.2, 0.25) is 0 Å². The highest BCUT2D eigenvalue weighted by Crippen LogP contribution is 2.29. The maximum absolute atomic E-state index is 10.7. The average Bonchev–Trinajstić information content (AvgIpc) is 3.02. The minimum atomic E-state index is -0.471. The predicted molar refractivity (Wildman–Crippen MR) is 91.6 cm³/mol. The monoisotopic (exact) mass is 328 g/mol. The van der Waals surface area contributed by atoms with Crippen LogP contribution in [0.15, 0.2) is 30.5 Å². The van der Waals surface area contributed by atoms with E-state index >= 15 is 0 Å². The first-order valence-corrected chi connectivity index (χ1v) is 8.45. The summed E-state index contributed by atoms with van der Waals surface area (Å²) in [4.78, 5) is 10.7. The number of primary amides is 1. The van der Waals surface area contributed by atoms with Crippen LogP contribution >= 0.6 is 0 Å². The number of ether oxygens (including phenoxy) is 1. The first-order chi connectivity index (χ1) is 11.7. The van der Waals surface area contributed by atoms with Crippen molar-refractivity contribution in [3.8, 4) is 5.75 Å². The van der Waals surface area contributed by atoms with E-state index in [1.807, 2.05) is 30.5 Å². The van der Waals surface area contributed by atoms with Gasteiger partial charge in [-0.05, 0) is 43.9 Å². The lowest BCUT2D eigenvalue weighted by atomic mass is 9.93. The molecule has 128 valence electrons. The Balaban J connectivity index is 1.58. The first-order valence-electron chi connectivity index (χ1n) is 8.45. The standard InChI is InChI=1S/C18H24N4O2/c1-2-22-17-5-3-4-16(15(17)11-21-22)20-10-13-6-8-14(9-7-13)24-12-18(19)23/h6-9,11,16,20H,2-5,10,12H2,1H3,(H2,19,23)/t16-/m1/s1. The van der Waals surface area contributed by atoms with Crippen molar-refractivity contribution in [1.82, 2.24) is 15.1 Å². The van der Waals surface area contributed by atoms with Crippen molar-refractivity contribution in [3.05, 3.63) is 47.3 Å². The first kappa shape index (κ1) is 16.5. The number of hydrogen-bond acceptors (Lipinski definition) is 4. The Labute approximate surface area is 142 Å². The normalized spacial score (nSPS) is 16.6. The van der Waals surface area contributed by atoms with Gasteiger partial charge in [-0.15, -0.1) is 0 Å². The fourth-order valence-electron chi connectivity index (χ4n) is 3.20. The van der Waals surface area contributed by atoms with Crippen molar-refractivity contribution in [1.29, 1.82) is 0 Å². The molecule has 0 unspecified atom stereocenters. The Kier molecular flexibility index (Phi) is 5.15. The summed E-state index contributed by atoms with van der Waals surface area (Å²) in [5, 5.41) is 8.12. The van der Waals surface area contributed by atoms with Gasteiger partial charge in [0, 0.05) is 30.4 Å². The molecule has 6 nitrogen and oxygen atoms in total. The Hall–Kier alpha value is -2.34. The van der Waals surface area contributed by atoms with Gasteiger partial charge < -0.3 is 15.8 Å². The van der Waals surface area contributed by atoms with Crippen LogP contribution in [0.3, 0.4) is 0 Å². The van der Waals surface area contributed by atoms with E-state index in [1.54, 1.807) is 0 Å². The number of nitrogens with two attached hydrogens (primary N) is 1. The maximum Gasteiger partial charge on any atom is 0.255 e. The molecule has 3 N–H and O–H groups in total. The van der Waals surface area contributed by atoms with Crippen LogP contribution < -0.4 is 15.8 Å². The molecular weight excluding hydrogens is 304 g/mol. The highest BCUT2D eigenvalue weighted by Gasteiger charge is 2.23. The largest absolute Gasteiger partial charge is 0.484 e. The lowest BCUT2D eigenvalue weighted by Crippen LogP contribution is -2.25. The van der Waals surface area contributed by atoms with Crippen LogP contribution in [0.5, 0.6) is 5.75 Å². The van der Waals surface area contributed by atoms with E-state index in [9.17, 15) is 4.79 Å². The van der Waals surface area contributed by atoms with E-state index < -0.39 is 5.91 Å². The zero-order valence-corrected chi connectivity index (χ0v) is 14.0. The third-order valence-corrected chi connectivity index (χ3v) is 4.42. The van der Waals surface area contributed by atoms with Crippen molar-refractivity contribution in [3.63, 3.8) is 0 Å². The van der Waals surface area contributed by atoms with Gasteiger partial charge in [0.25, 0.3) is 5.91 Å². The molecule has 0 fully saturated rings. The Morgan fingerprint density at radius 2 is 2.21 bits per heavy atom. The molecule has 2 aromatic rings. The van der Waals surface area contributed by atoms with Crippen molar-refractivity contribution in [2.45, 2.75) is 45.3 Å². The molecule has 0 aliphatic heterocycles. The second-order valence-corrected chi connectivity index (χ2v) is 6.09. The van der Waals surface area contributed by atoms with Gasteiger partial charge in [-0.25, -0.2) is 0 Å². The summed E-state index contributed by atoms with van der Waals surface area (Å²) in [5.41, 5.74) is 8.96. The van der Waals surface area contributed by atoms with Crippen LogP contribution in [0.2, 0.25) is 0 Å². The minimum Gasteiger partial charge on any atom is -0.484 e. The molecule has 1 heterocycles. The Morgan fingerprint density at radius 1 is 1.42 bits per heavy atom. The van der Waals surface area contributed by atoms with Gasteiger partial charge in [-0.2, -0.15) is 5.10 Å². The number of benzene rings is 1. The lowest BCUT2D eigenvalue weighted by molar-refractivity contribution is -0.119. The number of carbonyl (C=O) groups is 1. The number of aryl methyl sites for hydroxylation is 1. The zero-order valence-electron chi connectivity index (χ0n) is 14.0. The third-order valence-electron chi connectivity index (χ3n) is 4.42. The fraction of sp³-hybridized carbons (Fsp3) is 0.444. The van der Waals surface area contributed by atoms with Crippen molar-refractivity contribution in [2.24, 2.45) is 5.73 Å². The number of nitrogens with zero attached hydrogens (tertiary/aromatic N) is 2. The van der Waals surface area contributed by atoms with Crippen LogP contribution in [-0.4, -0.2) is 22.3 Å². The van der Waals surface area contributed by atoms with Crippen LogP contribution in [0, 0.1) is 0 Å². The molecule has 1 atom stereocenters. The number of fused-ring (bicyclic) bond motifs is 1. The van der Waals surface area contributed by atoms with E-state index in [-0.39, 0.29) is 6.61 Å². The summed E-state index contributed by atoms with van der Waals surface area (Å²) in [7, 11) is 0. The molecule has 0 bridgehead atoms. The van der Waals surface area contributed by atoms with Gasteiger partial charge in [-0.3, -0.25) is 9.48 Å². The number of hydrogen-bond donors (Lipinski definition) is 2. The molecule has 1 aromatic heterocycles. The molecule has 0 saturated heterocycles. The number of carbonyl (C=O) groups excluding carboxylic acids is 1. The van der Waals surface area contributed by atoms with Gasteiger partial charge >= 0.3 is 0 Å². The van der Waals surface area contributed by atoms with Gasteiger partial charge in [0.15, 0.2) is 6.61 Å². The van der Waals surface area contributed by atoms with Crippen molar-refractivity contribution >= 4 is 5.91 Å². The van der Waals surface area contributed by atoms with E-state index in [0.717, 1.165) is 25.9 Å². The molecular formula is C18H24N4O2. The zero-order chi connectivity index (χ0) is 16.9. The number of nitrogens with one attached hydrogen (secondary N) is 1. The second-order valence-electron chi connectivity index (χ2n) is 6.09. The minimum absolute atomic E-state index is 0.0934. The molecule has 6 heteroatoms. The summed E-state index contributed by atoms with van der Waals surface area (Å²) in [5.74, 6) is 0.184. The number of aromatic nitrogens is 2. The molecule has 0 radical (unpaired) electrons. The molecule has 0 spiro atoms. The molecule has 0 saturated carbocycles. The quantitative estimate of drug-likeness (QED) is 0.814. The van der Waals surface area contributed by atoms with Crippen LogP contribution in [0.4, 0.5) is 0 Å². The van der Waals surface area contributed by atoms with E-state index in [4.69, 9.17) is 10.5 Å². The molecule has 24 heavy (non-hydrogen) atoms. The SMILES string of the molecule is CCn1ncc2c1CCC[C@H]2NCc1ccc(OCC(N)=O)cc1. The molecule has 1 amide bonds. The molecule has 1 aliphatic carbocycles. The maximum atomic E-state index is 10.7. The van der Waals surface area contributed by atoms with Crippen LogP contribution in [0.1, 0.15) is 42.6 Å². The van der Waals surface area contributed by atoms with Crippen molar-refractivity contribution < 1.29 is 9.53 Å². The highest BCUT2D eigenvalue weighted by molar-refractivity contribution is 5.75. The van der Waals surface area contributed by atoms with E-state index in [1.165, 1.54) is 23.2 Å². The predicted octanol–water partition coefficient (Wildman–Crippen LogP) is 1.93. The van der Waals surface area contributed by atoms with E-state index in [0.29, 0.717) is 11.8 Å². The number of amides is 1. The molecule has 3 rings (SSSR count). The number of rotatable bonds is 7. The summed E-state index contributed by atoms with van der Waals surface area (Å²) in [6.45, 7) is 3.75. The highest BCUT2D eigenvalue weighted by atomic mass is 16.5. The smallest absolute Gasteiger partial charge is 0.255 e. The fourth-order valence-corrected chi connectivity index (χ4v) is 3.20. The van der Waals surface area contributed by atoms with Gasteiger partial charge in [0.05, 0.1) is 6.20 Å². The van der Waals surface area contributed by atoms with Crippen molar-refractivity contribution in [2.75, 3.05) is 6.61 Å². The molecule has 1 aliphatic rings. The van der Waals surface area contributed by atoms with E-state index in [2.05, 4.69) is 22.0 Å². The van der Waals surface area contributed by atoms with Gasteiger partial charge in [0.1, 0.15) is 5.75 Å². The summed E-state index contributed by atoms with van der Waals surface area (Å²) >= 11 is 0. The summed E-state index contributed by atoms with van der Waals surface area (Å²) < 4.78 is 7.38. The van der Waals surface area contributed by atoms with Gasteiger partial charge in [-0.1, -0.05) is 12.1 Å². The molecule has 1 aromatic carbocycles. The lowest BCUT2D eigenvalue weighted by Gasteiger charge is -2.24. The Bertz CT molecular complexity index is 694. The summed E-state index contributed by atoms with van der Waals surface area (Å²) in [6.07, 6.45) is 5.46. The summed E-state index contributed by atoms with van der Waals surface area (Å²) in [6, 6.07) is 8.09. The Morgan fingerprint density at radius 3 is 2.92 bits per heavy atom.